The Labute approximate surface area is 138 Å². The summed E-state index contributed by atoms with van der Waals surface area (Å²) in [5, 5.41) is 4.93. The third kappa shape index (κ3) is 3.99. The number of halogens is 2. The van der Waals surface area contributed by atoms with E-state index < -0.39 is 0 Å². The van der Waals surface area contributed by atoms with Crippen LogP contribution >= 0.6 is 27.5 Å². The lowest BCUT2D eigenvalue weighted by Crippen LogP contribution is -2.18. The van der Waals surface area contributed by atoms with Crippen LogP contribution in [-0.2, 0) is 20.1 Å². The van der Waals surface area contributed by atoms with Crippen LogP contribution in [0.3, 0.4) is 0 Å². The quantitative estimate of drug-likeness (QED) is 0.872. The number of rotatable bonds is 5. The Morgan fingerprint density at radius 1 is 1.48 bits per heavy atom. The van der Waals surface area contributed by atoms with E-state index in [4.69, 9.17) is 22.1 Å². The topological polar surface area (TPSA) is 53.1 Å². The summed E-state index contributed by atoms with van der Waals surface area (Å²) in [7, 11) is 1.86. The number of nitrogens with two attached hydrogens (primary N) is 1. The third-order valence-electron chi connectivity index (χ3n) is 3.20. The molecule has 1 aromatic heterocycles. The maximum atomic E-state index is 6.22. The van der Waals surface area contributed by atoms with E-state index in [2.05, 4.69) is 21.0 Å². The van der Waals surface area contributed by atoms with Gasteiger partial charge in [-0.2, -0.15) is 5.10 Å². The molecule has 6 heteroatoms. The Hall–Kier alpha value is -1.04. The van der Waals surface area contributed by atoms with Gasteiger partial charge in [0.2, 0.25) is 0 Å². The second-order valence-electron chi connectivity index (χ2n) is 5.19. The van der Waals surface area contributed by atoms with Gasteiger partial charge in [-0.15, -0.1) is 0 Å². The highest BCUT2D eigenvalue weighted by Crippen LogP contribution is 2.26. The first kappa shape index (κ1) is 16.3. The van der Waals surface area contributed by atoms with Gasteiger partial charge in [-0.05, 0) is 44.0 Å². The van der Waals surface area contributed by atoms with Crippen molar-refractivity contribution in [1.82, 2.24) is 9.78 Å². The van der Waals surface area contributed by atoms with Gasteiger partial charge in [-0.25, -0.2) is 0 Å². The highest BCUT2D eigenvalue weighted by Gasteiger charge is 2.12. The maximum absolute atomic E-state index is 6.22. The van der Waals surface area contributed by atoms with E-state index in [-0.39, 0.29) is 6.04 Å². The molecule has 0 fully saturated rings. The smallest absolute Gasteiger partial charge is 0.131 e. The minimum atomic E-state index is 0.103. The third-order valence-corrected chi connectivity index (χ3v) is 4.46. The van der Waals surface area contributed by atoms with Crippen molar-refractivity contribution in [2.24, 2.45) is 12.8 Å². The Bertz CT molecular complexity index is 640. The monoisotopic (exact) mass is 371 g/mol. The number of benzene rings is 1. The van der Waals surface area contributed by atoms with Crippen molar-refractivity contribution in [3.63, 3.8) is 0 Å². The molecule has 1 aromatic carbocycles. The first-order chi connectivity index (χ1) is 9.88. The molecule has 0 aliphatic heterocycles. The summed E-state index contributed by atoms with van der Waals surface area (Å²) in [6.07, 6.45) is 0.795. The zero-order valence-corrected chi connectivity index (χ0v) is 14.7. The molecule has 0 bridgehead atoms. The highest BCUT2D eigenvalue weighted by atomic mass is 79.9. The van der Waals surface area contributed by atoms with Crippen molar-refractivity contribution in [2.75, 3.05) is 0 Å². The molecule has 0 radical (unpaired) electrons. The molecule has 0 spiro atoms. The van der Waals surface area contributed by atoms with E-state index in [0.29, 0.717) is 11.6 Å². The van der Waals surface area contributed by atoms with Crippen LogP contribution in [-0.4, -0.2) is 15.8 Å². The summed E-state index contributed by atoms with van der Waals surface area (Å²) in [5.41, 5.74) is 8.67. The normalized spacial score (nSPS) is 12.5. The van der Waals surface area contributed by atoms with Crippen molar-refractivity contribution in [1.29, 1.82) is 0 Å². The number of aryl methyl sites for hydroxylation is 2. The van der Waals surface area contributed by atoms with Crippen LogP contribution in [0.5, 0.6) is 5.75 Å². The van der Waals surface area contributed by atoms with E-state index in [1.54, 1.807) is 4.68 Å². The van der Waals surface area contributed by atoms with Gasteiger partial charge in [0.05, 0.1) is 16.4 Å². The van der Waals surface area contributed by atoms with Gasteiger partial charge in [0.25, 0.3) is 0 Å². The van der Waals surface area contributed by atoms with E-state index in [9.17, 15) is 0 Å². The summed E-state index contributed by atoms with van der Waals surface area (Å²) >= 11 is 9.75. The molecule has 0 aliphatic carbocycles. The first-order valence-electron chi connectivity index (χ1n) is 6.73. The summed E-state index contributed by atoms with van der Waals surface area (Å²) < 4.78 is 8.63. The average Bonchev–Trinajstić information content (AvgIpc) is 2.64. The van der Waals surface area contributed by atoms with Crippen LogP contribution in [0, 0.1) is 6.92 Å². The molecule has 114 valence electrons. The second kappa shape index (κ2) is 6.81. The van der Waals surface area contributed by atoms with Gasteiger partial charge in [-0.3, -0.25) is 4.68 Å². The molecule has 1 atom stereocenters. The number of nitrogens with zero attached hydrogens (tertiary/aromatic N) is 2. The lowest BCUT2D eigenvalue weighted by atomic mass is 10.1. The van der Waals surface area contributed by atoms with Crippen LogP contribution in [0.2, 0.25) is 5.02 Å². The zero-order chi connectivity index (χ0) is 15.6. The van der Waals surface area contributed by atoms with Crippen LogP contribution in [0.4, 0.5) is 0 Å². The molecule has 1 unspecified atom stereocenters. The lowest BCUT2D eigenvalue weighted by molar-refractivity contribution is 0.294. The largest absolute Gasteiger partial charge is 0.487 e. The van der Waals surface area contributed by atoms with Gasteiger partial charge >= 0.3 is 0 Å². The van der Waals surface area contributed by atoms with E-state index in [1.165, 1.54) is 0 Å². The highest BCUT2D eigenvalue weighted by molar-refractivity contribution is 9.10. The molecule has 2 N–H and O–H groups in total. The Morgan fingerprint density at radius 3 is 2.76 bits per heavy atom. The minimum Gasteiger partial charge on any atom is -0.487 e. The fourth-order valence-corrected chi connectivity index (χ4v) is 2.76. The summed E-state index contributed by atoms with van der Waals surface area (Å²) in [6.45, 7) is 4.25. The molecule has 2 rings (SSSR count). The van der Waals surface area contributed by atoms with E-state index in [0.717, 1.165) is 33.6 Å². The number of hydrogen-bond acceptors (Lipinski definition) is 3. The molecule has 21 heavy (non-hydrogen) atoms. The van der Waals surface area contributed by atoms with Gasteiger partial charge < -0.3 is 10.5 Å². The van der Waals surface area contributed by atoms with Crippen molar-refractivity contribution < 1.29 is 4.74 Å². The molecule has 4 nitrogen and oxygen atoms in total. The summed E-state index contributed by atoms with van der Waals surface area (Å²) in [4.78, 5) is 0. The SMILES string of the molecule is Cc1nn(C)c(COc2ccc(Br)c(CC(C)N)c2)c1Cl. The van der Waals surface area contributed by atoms with E-state index >= 15 is 0 Å². The predicted molar refractivity (Wildman–Crippen MR) is 88.8 cm³/mol. The minimum absolute atomic E-state index is 0.103. The Kier molecular flexibility index (Phi) is 5.30. The Balaban J connectivity index is 2.13. The number of hydrogen-bond donors (Lipinski definition) is 1. The maximum Gasteiger partial charge on any atom is 0.131 e. The Morgan fingerprint density at radius 2 is 2.19 bits per heavy atom. The van der Waals surface area contributed by atoms with Crippen molar-refractivity contribution in [3.8, 4) is 5.75 Å². The van der Waals surface area contributed by atoms with Crippen LogP contribution in [0.25, 0.3) is 0 Å². The zero-order valence-electron chi connectivity index (χ0n) is 12.4. The molecule has 2 aromatic rings. The van der Waals surface area contributed by atoms with Gasteiger partial charge in [0, 0.05) is 17.6 Å². The van der Waals surface area contributed by atoms with Crippen LogP contribution < -0.4 is 10.5 Å². The molecular formula is C15H19BrClN3O. The predicted octanol–water partition coefficient (Wildman–Crippen LogP) is 3.61. The standard InChI is InChI=1S/C15H19BrClN3O/c1-9(18)6-11-7-12(4-5-13(11)16)21-8-14-15(17)10(2)19-20(14)3/h4-5,7,9H,6,8,18H2,1-3H3. The number of aromatic nitrogens is 2. The fourth-order valence-electron chi connectivity index (χ4n) is 2.13. The van der Waals surface area contributed by atoms with Crippen LogP contribution in [0.15, 0.2) is 22.7 Å². The molecular weight excluding hydrogens is 354 g/mol. The molecule has 0 saturated heterocycles. The number of ether oxygens (including phenoxy) is 1. The molecule has 0 saturated carbocycles. The summed E-state index contributed by atoms with van der Waals surface area (Å²) in [5.74, 6) is 0.795. The van der Waals surface area contributed by atoms with Gasteiger partial charge in [-0.1, -0.05) is 27.5 Å². The second-order valence-corrected chi connectivity index (χ2v) is 6.43. The molecule has 1 heterocycles. The lowest BCUT2D eigenvalue weighted by Gasteiger charge is -2.12. The molecule has 0 amide bonds. The fraction of sp³-hybridized carbons (Fsp3) is 0.400. The average molecular weight is 373 g/mol. The summed E-state index contributed by atoms with van der Waals surface area (Å²) in [6, 6.07) is 6.00. The van der Waals surface area contributed by atoms with Gasteiger partial charge in [0.1, 0.15) is 12.4 Å². The van der Waals surface area contributed by atoms with Crippen molar-refractivity contribution >= 4 is 27.5 Å². The van der Waals surface area contributed by atoms with E-state index in [1.807, 2.05) is 39.1 Å². The van der Waals surface area contributed by atoms with Crippen LogP contribution in [0.1, 0.15) is 23.9 Å². The van der Waals surface area contributed by atoms with Crippen molar-refractivity contribution in [2.45, 2.75) is 32.9 Å². The van der Waals surface area contributed by atoms with Crippen molar-refractivity contribution in [3.05, 3.63) is 44.6 Å². The first-order valence-corrected chi connectivity index (χ1v) is 7.90. The van der Waals surface area contributed by atoms with Gasteiger partial charge in [0.15, 0.2) is 0 Å². The molecule has 0 aliphatic rings.